The van der Waals surface area contributed by atoms with Gasteiger partial charge in [-0.2, -0.15) is 0 Å². The predicted molar refractivity (Wildman–Crippen MR) is 86.3 cm³/mol. The van der Waals surface area contributed by atoms with Crippen LogP contribution in [0.5, 0.6) is 0 Å². The van der Waals surface area contributed by atoms with Gasteiger partial charge in [0.25, 0.3) is 11.6 Å². The van der Waals surface area contributed by atoms with Crippen LogP contribution in [0, 0.1) is 10.1 Å². The van der Waals surface area contributed by atoms with Crippen LogP contribution in [0.1, 0.15) is 23.2 Å². The Bertz CT molecular complexity index is 579. The van der Waals surface area contributed by atoms with Crippen LogP contribution < -0.4 is 11.1 Å². The number of amides is 1. The zero-order valence-electron chi connectivity index (χ0n) is 13.2. The molecule has 0 aliphatic carbocycles. The van der Waals surface area contributed by atoms with E-state index in [4.69, 9.17) is 10.5 Å². The Labute approximate surface area is 134 Å². The van der Waals surface area contributed by atoms with Crippen LogP contribution in [0.25, 0.3) is 0 Å². The lowest BCUT2D eigenvalue weighted by atomic mass is 10.1. The van der Waals surface area contributed by atoms with E-state index in [-0.39, 0.29) is 28.9 Å². The molecule has 1 amide bonds. The number of nitrogens with two attached hydrogens (primary N) is 1. The summed E-state index contributed by atoms with van der Waals surface area (Å²) in [6, 6.07) is 4.36. The van der Waals surface area contributed by atoms with Crippen molar-refractivity contribution in [1.29, 1.82) is 0 Å². The molecule has 0 unspecified atom stereocenters. The van der Waals surface area contributed by atoms with Gasteiger partial charge in [-0.1, -0.05) is 0 Å². The molecule has 1 heterocycles. The smallest absolute Gasteiger partial charge is 0.292 e. The van der Waals surface area contributed by atoms with E-state index in [1.165, 1.54) is 18.2 Å². The molecule has 8 heteroatoms. The number of nitro benzene ring substituents is 1. The maximum absolute atomic E-state index is 12.2. The molecule has 126 valence electrons. The van der Waals surface area contributed by atoms with E-state index in [0.717, 1.165) is 25.9 Å². The second kappa shape index (κ2) is 7.89. The maximum atomic E-state index is 12.2. The summed E-state index contributed by atoms with van der Waals surface area (Å²) in [4.78, 5) is 24.8. The van der Waals surface area contributed by atoms with Crippen molar-refractivity contribution in [1.82, 2.24) is 10.2 Å². The summed E-state index contributed by atoms with van der Waals surface area (Å²) < 4.78 is 5.09. The summed E-state index contributed by atoms with van der Waals surface area (Å²) in [6.07, 6.45) is 2.11. The molecule has 2 rings (SSSR count). The summed E-state index contributed by atoms with van der Waals surface area (Å²) >= 11 is 0. The van der Waals surface area contributed by atoms with Crippen molar-refractivity contribution in [3.8, 4) is 0 Å². The van der Waals surface area contributed by atoms with Crippen LogP contribution in [-0.4, -0.2) is 55.1 Å². The third-order valence-electron chi connectivity index (χ3n) is 4.07. The van der Waals surface area contributed by atoms with Gasteiger partial charge in [0.05, 0.1) is 11.5 Å². The molecule has 1 aromatic carbocycles. The van der Waals surface area contributed by atoms with Crippen molar-refractivity contribution in [2.24, 2.45) is 0 Å². The van der Waals surface area contributed by atoms with Crippen LogP contribution >= 0.6 is 0 Å². The van der Waals surface area contributed by atoms with Crippen LogP contribution in [0.15, 0.2) is 18.2 Å². The number of nitrogens with zero attached hydrogens (tertiary/aromatic N) is 2. The third-order valence-corrected chi connectivity index (χ3v) is 4.07. The van der Waals surface area contributed by atoms with Crippen LogP contribution in [0.2, 0.25) is 0 Å². The van der Waals surface area contributed by atoms with Crippen molar-refractivity contribution in [2.45, 2.75) is 18.9 Å². The summed E-state index contributed by atoms with van der Waals surface area (Å²) in [7, 11) is 1.67. The number of hydrogen-bond donors (Lipinski definition) is 2. The summed E-state index contributed by atoms with van der Waals surface area (Å²) in [5.41, 5.74) is 5.58. The Kier molecular flexibility index (Phi) is 5.89. The van der Waals surface area contributed by atoms with E-state index in [0.29, 0.717) is 13.2 Å². The Morgan fingerprint density at radius 3 is 3.04 bits per heavy atom. The van der Waals surface area contributed by atoms with E-state index in [1.54, 1.807) is 7.11 Å². The Morgan fingerprint density at radius 2 is 2.35 bits per heavy atom. The van der Waals surface area contributed by atoms with Gasteiger partial charge in [0.2, 0.25) is 0 Å². The molecule has 0 aromatic heterocycles. The van der Waals surface area contributed by atoms with E-state index < -0.39 is 4.92 Å². The fraction of sp³-hybridized carbons (Fsp3) is 0.533. The third kappa shape index (κ3) is 4.40. The molecule has 23 heavy (non-hydrogen) atoms. The van der Waals surface area contributed by atoms with Gasteiger partial charge in [0.15, 0.2) is 0 Å². The Morgan fingerprint density at radius 1 is 1.57 bits per heavy atom. The lowest BCUT2D eigenvalue weighted by Crippen LogP contribution is -2.41. The monoisotopic (exact) mass is 322 g/mol. The van der Waals surface area contributed by atoms with E-state index >= 15 is 0 Å². The second-order valence-electron chi connectivity index (χ2n) is 5.57. The number of anilines is 1. The highest BCUT2D eigenvalue weighted by Crippen LogP contribution is 2.22. The van der Waals surface area contributed by atoms with Crippen molar-refractivity contribution in [3.63, 3.8) is 0 Å². The van der Waals surface area contributed by atoms with E-state index in [9.17, 15) is 14.9 Å². The van der Waals surface area contributed by atoms with Crippen molar-refractivity contribution in [3.05, 3.63) is 33.9 Å². The molecule has 0 spiro atoms. The normalized spacial score (nSPS) is 18.0. The summed E-state index contributed by atoms with van der Waals surface area (Å²) in [5, 5.41) is 13.7. The first-order valence-electron chi connectivity index (χ1n) is 7.58. The molecule has 1 aromatic rings. The number of hydrogen-bond acceptors (Lipinski definition) is 6. The van der Waals surface area contributed by atoms with E-state index in [1.807, 2.05) is 0 Å². The first-order chi connectivity index (χ1) is 11.0. The van der Waals surface area contributed by atoms with Gasteiger partial charge in [0, 0.05) is 37.9 Å². The largest absolute Gasteiger partial charge is 0.393 e. The number of rotatable bonds is 7. The molecule has 1 aliphatic rings. The van der Waals surface area contributed by atoms with Crippen LogP contribution in [0.4, 0.5) is 11.4 Å². The predicted octanol–water partition coefficient (Wildman–Crippen LogP) is 1.02. The zero-order valence-corrected chi connectivity index (χ0v) is 13.2. The van der Waals surface area contributed by atoms with E-state index in [2.05, 4.69) is 10.2 Å². The number of methoxy groups -OCH3 is 1. The quantitative estimate of drug-likeness (QED) is 0.440. The summed E-state index contributed by atoms with van der Waals surface area (Å²) in [5.74, 6) is -0.327. The van der Waals surface area contributed by atoms with Gasteiger partial charge in [-0.3, -0.25) is 19.8 Å². The number of nitrogen functional groups attached to an aromatic ring is 1. The minimum absolute atomic E-state index is 0.0492. The van der Waals surface area contributed by atoms with Gasteiger partial charge in [-0.15, -0.1) is 0 Å². The highest BCUT2D eigenvalue weighted by molar-refractivity contribution is 5.95. The molecule has 1 saturated heterocycles. The number of nitrogens with one attached hydrogen (secondary N) is 1. The van der Waals surface area contributed by atoms with Crippen LogP contribution in [0.3, 0.4) is 0 Å². The van der Waals surface area contributed by atoms with Crippen LogP contribution in [-0.2, 0) is 4.74 Å². The standard InChI is InChI=1S/C15H22N4O4/c1-23-8-7-18-6-2-3-12(18)10-17-15(20)11-4-5-13(16)14(9-11)19(21)22/h4-5,9,12H,2-3,6-8,10,16H2,1H3,(H,17,20)/t12-/m1/s1. The van der Waals surface area contributed by atoms with Crippen molar-refractivity contribution in [2.75, 3.05) is 39.1 Å². The van der Waals surface area contributed by atoms with Gasteiger partial charge in [-0.25, -0.2) is 0 Å². The van der Waals surface area contributed by atoms with Crippen molar-refractivity contribution >= 4 is 17.3 Å². The molecule has 1 atom stereocenters. The maximum Gasteiger partial charge on any atom is 0.292 e. The lowest BCUT2D eigenvalue weighted by molar-refractivity contribution is -0.383. The fourth-order valence-corrected chi connectivity index (χ4v) is 2.78. The van der Waals surface area contributed by atoms with Gasteiger partial charge < -0.3 is 15.8 Å². The fourth-order valence-electron chi connectivity index (χ4n) is 2.78. The molecule has 0 saturated carbocycles. The topological polar surface area (TPSA) is 111 Å². The van der Waals surface area contributed by atoms with Crippen molar-refractivity contribution < 1.29 is 14.5 Å². The molecule has 8 nitrogen and oxygen atoms in total. The molecule has 1 fully saturated rings. The summed E-state index contributed by atoms with van der Waals surface area (Å²) in [6.45, 7) is 3.01. The molecule has 0 radical (unpaired) electrons. The first kappa shape index (κ1) is 17.2. The number of carbonyl (C=O) groups is 1. The number of benzene rings is 1. The lowest BCUT2D eigenvalue weighted by Gasteiger charge is -2.24. The van der Waals surface area contributed by atoms with Gasteiger partial charge in [-0.05, 0) is 31.5 Å². The first-order valence-corrected chi connectivity index (χ1v) is 7.58. The van der Waals surface area contributed by atoms with Gasteiger partial charge in [0.1, 0.15) is 5.69 Å². The second-order valence-corrected chi connectivity index (χ2v) is 5.57. The Balaban J connectivity index is 1.94. The average molecular weight is 322 g/mol. The minimum atomic E-state index is -0.588. The molecule has 0 bridgehead atoms. The molecule has 1 aliphatic heterocycles. The number of carbonyl (C=O) groups excluding carboxylic acids is 1. The SMILES string of the molecule is COCCN1CCC[C@@H]1CNC(=O)c1ccc(N)c([N+](=O)[O-])c1. The zero-order chi connectivity index (χ0) is 16.8. The molecular weight excluding hydrogens is 300 g/mol. The molecule has 3 N–H and O–H groups in total. The molecular formula is C15H22N4O4. The highest BCUT2D eigenvalue weighted by atomic mass is 16.6. The number of likely N-dealkylation sites (tertiary alicyclic amines) is 1. The average Bonchev–Trinajstić information content (AvgIpc) is 2.98. The number of nitro groups is 1. The number of ether oxygens (including phenoxy) is 1. The Hall–Kier alpha value is -2.19. The highest BCUT2D eigenvalue weighted by Gasteiger charge is 2.24. The van der Waals surface area contributed by atoms with Gasteiger partial charge >= 0.3 is 0 Å². The minimum Gasteiger partial charge on any atom is -0.393 e.